The molecule has 0 aromatic heterocycles. The standard InChI is InChI=1S/C14H13NO2S/c1-17-14-11(13(18)8-7-12(14)16)9-15-10-5-3-2-4-6-10/h2-9,16,18H,1H3. The fraction of sp³-hybridized carbons (Fsp3) is 0.0714. The largest absolute Gasteiger partial charge is 0.504 e. The number of aromatic hydroxyl groups is 1. The third kappa shape index (κ3) is 2.65. The molecule has 2 aromatic rings. The van der Waals surface area contributed by atoms with Crippen LogP contribution in [0.25, 0.3) is 0 Å². The number of benzene rings is 2. The van der Waals surface area contributed by atoms with Crippen molar-refractivity contribution in [1.29, 1.82) is 0 Å². The predicted molar refractivity (Wildman–Crippen MR) is 75.6 cm³/mol. The lowest BCUT2D eigenvalue weighted by atomic mass is 10.2. The molecule has 1 N–H and O–H groups in total. The molecule has 0 radical (unpaired) electrons. The van der Waals surface area contributed by atoms with Crippen LogP contribution < -0.4 is 4.74 Å². The summed E-state index contributed by atoms with van der Waals surface area (Å²) in [6.07, 6.45) is 1.64. The number of hydrogen-bond donors (Lipinski definition) is 2. The predicted octanol–water partition coefficient (Wildman–Crippen LogP) is 3.44. The van der Waals surface area contributed by atoms with E-state index < -0.39 is 0 Å². The minimum atomic E-state index is 0.0739. The fourth-order valence-electron chi connectivity index (χ4n) is 1.57. The maximum absolute atomic E-state index is 9.69. The Labute approximate surface area is 111 Å². The zero-order chi connectivity index (χ0) is 13.0. The van der Waals surface area contributed by atoms with Crippen molar-refractivity contribution in [2.75, 3.05) is 7.11 Å². The number of phenols is 1. The molecule has 0 atom stereocenters. The average molecular weight is 259 g/mol. The van der Waals surface area contributed by atoms with Gasteiger partial charge in [0.1, 0.15) is 0 Å². The number of rotatable bonds is 3. The summed E-state index contributed by atoms with van der Waals surface area (Å²) >= 11 is 4.33. The van der Waals surface area contributed by atoms with Gasteiger partial charge in [0.2, 0.25) is 0 Å². The van der Waals surface area contributed by atoms with Gasteiger partial charge in [0.15, 0.2) is 11.5 Å². The molecule has 0 aliphatic carbocycles. The molecule has 0 unspecified atom stereocenters. The van der Waals surface area contributed by atoms with Crippen LogP contribution in [0, 0.1) is 0 Å². The first kappa shape index (κ1) is 12.5. The van der Waals surface area contributed by atoms with E-state index in [1.807, 2.05) is 30.3 Å². The summed E-state index contributed by atoms with van der Waals surface area (Å²) < 4.78 is 5.16. The van der Waals surface area contributed by atoms with Crippen LogP contribution in [0.1, 0.15) is 5.56 Å². The van der Waals surface area contributed by atoms with Gasteiger partial charge in [-0.2, -0.15) is 0 Å². The summed E-state index contributed by atoms with van der Waals surface area (Å²) in [5.41, 5.74) is 1.49. The van der Waals surface area contributed by atoms with E-state index in [-0.39, 0.29) is 5.75 Å². The lowest BCUT2D eigenvalue weighted by Crippen LogP contribution is -1.93. The fourth-order valence-corrected chi connectivity index (χ4v) is 1.80. The zero-order valence-electron chi connectivity index (χ0n) is 9.87. The van der Waals surface area contributed by atoms with Gasteiger partial charge in [-0.25, -0.2) is 0 Å². The van der Waals surface area contributed by atoms with Gasteiger partial charge in [-0.15, -0.1) is 12.6 Å². The molecule has 3 nitrogen and oxygen atoms in total. The maximum atomic E-state index is 9.69. The molecule has 18 heavy (non-hydrogen) atoms. The second-order valence-electron chi connectivity index (χ2n) is 3.64. The monoisotopic (exact) mass is 259 g/mol. The highest BCUT2D eigenvalue weighted by Gasteiger charge is 2.09. The molecule has 0 saturated heterocycles. The van der Waals surface area contributed by atoms with Crippen LogP contribution in [0.2, 0.25) is 0 Å². The van der Waals surface area contributed by atoms with Crippen molar-refractivity contribution in [3.05, 3.63) is 48.0 Å². The first-order valence-electron chi connectivity index (χ1n) is 5.40. The molecule has 2 aromatic carbocycles. The Balaban J connectivity index is 2.40. The van der Waals surface area contributed by atoms with Gasteiger partial charge in [-0.3, -0.25) is 4.99 Å². The van der Waals surface area contributed by atoms with Crippen LogP contribution in [-0.2, 0) is 0 Å². The van der Waals surface area contributed by atoms with E-state index in [1.54, 1.807) is 18.3 Å². The average Bonchev–Trinajstić information content (AvgIpc) is 2.41. The maximum Gasteiger partial charge on any atom is 0.170 e. The van der Waals surface area contributed by atoms with Crippen molar-refractivity contribution in [1.82, 2.24) is 0 Å². The quantitative estimate of drug-likeness (QED) is 0.655. The Bertz CT molecular complexity index is 568. The second-order valence-corrected chi connectivity index (χ2v) is 4.13. The van der Waals surface area contributed by atoms with Crippen molar-refractivity contribution in [3.63, 3.8) is 0 Å². The van der Waals surface area contributed by atoms with Crippen LogP contribution in [0.3, 0.4) is 0 Å². The molecule has 0 spiro atoms. The topological polar surface area (TPSA) is 41.8 Å². The van der Waals surface area contributed by atoms with Crippen LogP contribution in [0.5, 0.6) is 11.5 Å². The van der Waals surface area contributed by atoms with Crippen LogP contribution >= 0.6 is 12.6 Å². The highest BCUT2D eigenvalue weighted by atomic mass is 32.1. The molecule has 4 heteroatoms. The number of para-hydroxylation sites is 1. The van der Waals surface area contributed by atoms with Gasteiger partial charge < -0.3 is 9.84 Å². The van der Waals surface area contributed by atoms with E-state index in [4.69, 9.17) is 4.74 Å². The number of hydrogen-bond acceptors (Lipinski definition) is 4. The first-order chi connectivity index (χ1) is 8.72. The van der Waals surface area contributed by atoms with Crippen LogP contribution in [-0.4, -0.2) is 18.4 Å². The molecular weight excluding hydrogens is 246 g/mol. The number of phenolic OH excluding ortho intramolecular Hbond substituents is 1. The Morgan fingerprint density at radius 1 is 1.17 bits per heavy atom. The van der Waals surface area contributed by atoms with Crippen molar-refractivity contribution in [2.45, 2.75) is 4.90 Å². The van der Waals surface area contributed by atoms with E-state index in [9.17, 15) is 5.11 Å². The third-order valence-electron chi connectivity index (χ3n) is 2.46. The number of nitrogens with zero attached hydrogens (tertiary/aromatic N) is 1. The Hall–Kier alpha value is -1.94. The molecule has 0 fully saturated rings. The van der Waals surface area contributed by atoms with E-state index in [0.717, 1.165) is 5.69 Å². The molecule has 0 heterocycles. The Morgan fingerprint density at radius 2 is 1.89 bits per heavy atom. The molecule has 92 valence electrons. The summed E-state index contributed by atoms with van der Waals surface area (Å²) in [7, 11) is 1.50. The van der Waals surface area contributed by atoms with E-state index in [2.05, 4.69) is 17.6 Å². The summed E-state index contributed by atoms with van der Waals surface area (Å²) in [4.78, 5) is 5.02. The molecule has 0 bridgehead atoms. The summed E-state index contributed by atoms with van der Waals surface area (Å²) in [6, 6.07) is 12.8. The summed E-state index contributed by atoms with van der Waals surface area (Å²) in [5.74, 6) is 0.451. The normalized spacial score (nSPS) is 10.8. The minimum Gasteiger partial charge on any atom is -0.504 e. The zero-order valence-corrected chi connectivity index (χ0v) is 10.8. The van der Waals surface area contributed by atoms with E-state index in [1.165, 1.54) is 7.11 Å². The smallest absolute Gasteiger partial charge is 0.170 e. The van der Waals surface area contributed by atoms with Gasteiger partial charge in [-0.05, 0) is 24.3 Å². The van der Waals surface area contributed by atoms with Gasteiger partial charge >= 0.3 is 0 Å². The molecule has 0 aliphatic rings. The highest BCUT2D eigenvalue weighted by molar-refractivity contribution is 7.80. The van der Waals surface area contributed by atoms with Gasteiger partial charge in [-0.1, -0.05) is 18.2 Å². The van der Waals surface area contributed by atoms with Crippen LogP contribution in [0.15, 0.2) is 52.4 Å². The van der Waals surface area contributed by atoms with Crippen molar-refractivity contribution >= 4 is 24.5 Å². The highest BCUT2D eigenvalue weighted by Crippen LogP contribution is 2.33. The van der Waals surface area contributed by atoms with Gasteiger partial charge in [0.25, 0.3) is 0 Å². The van der Waals surface area contributed by atoms with Gasteiger partial charge in [0.05, 0.1) is 18.4 Å². The SMILES string of the molecule is COc1c(O)ccc(S)c1C=Nc1ccccc1. The van der Waals surface area contributed by atoms with E-state index in [0.29, 0.717) is 16.2 Å². The van der Waals surface area contributed by atoms with Gasteiger partial charge in [0, 0.05) is 11.1 Å². The number of thiol groups is 1. The Morgan fingerprint density at radius 3 is 2.56 bits per heavy atom. The summed E-state index contributed by atoms with van der Waals surface area (Å²) in [5, 5.41) is 9.69. The number of ether oxygens (including phenoxy) is 1. The molecular formula is C14H13NO2S. The first-order valence-corrected chi connectivity index (χ1v) is 5.85. The molecule has 2 rings (SSSR count). The summed E-state index contributed by atoms with van der Waals surface area (Å²) in [6.45, 7) is 0. The lowest BCUT2D eigenvalue weighted by Gasteiger charge is -2.08. The molecule has 0 aliphatic heterocycles. The van der Waals surface area contributed by atoms with Crippen molar-refractivity contribution in [3.8, 4) is 11.5 Å². The number of methoxy groups -OCH3 is 1. The lowest BCUT2D eigenvalue weighted by molar-refractivity contribution is 0.372. The minimum absolute atomic E-state index is 0.0739. The second kappa shape index (κ2) is 5.60. The Kier molecular flexibility index (Phi) is 3.89. The molecule has 0 saturated carbocycles. The van der Waals surface area contributed by atoms with Crippen molar-refractivity contribution < 1.29 is 9.84 Å². The number of aliphatic imine (C=N–C) groups is 1. The van der Waals surface area contributed by atoms with Crippen LogP contribution in [0.4, 0.5) is 5.69 Å². The molecule has 0 amide bonds. The third-order valence-corrected chi connectivity index (χ3v) is 2.85. The van der Waals surface area contributed by atoms with Crippen molar-refractivity contribution in [2.24, 2.45) is 4.99 Å². The van der Waals surface area contributed by atoms with E-state index >= 15 is 0 Å².